The van der Waals surface area contributed by atoms with E-state index in [1.54, 1.807) is 0 Å². The molecule has 0 N–H and O–H groups in total. The number of rotatable bonds is 2. The van der Waals surface area contributed by atoms with Crippen molar-refractivity contribution in [2.75, 3.05) is 0 Å². The molecule has 3 heteroatoms. The van der Waals surface area contributed by atoms with Crippen molar-refractivity contribution in [3.05, 3.63) is 28.7 Å². The van der Waals surface area contributed by atoms with Crippen LogP contribution in [0.3, 0.4) is 0 Å². The predicted octanol–water partition coefficient (Wildman–Crippen LogP) is 2.56. The van der Waals surface area contributed by atoms with E-state index < -0.39 is 0 Å². The minimum absolute atomic E-state index is 0.0989. The maximum absolute atomic E-state index is 10.7. The van der Waals surface area contributed by atoms with Crippen LogP contribution in [0.4, 0.5) is 0 Å². The highest BCUT2D eigenvalue weighted by Gasteiger charge is 2.28. The molecular weight excluding hydrogens is 232 g/mol. The molecule has 1 aromatic rings. The van der Waals surface area contributed by atoms with Gasteiger partial charge in [-0.25, -0.2) is 0 Å². The second kappa shape index (κ2) is 3.50. The standard InChI is InChI=1S/C10H9BrO2/c11-7-2-1-3-9(4-7)13-10-5-8(12)6-10/h1-4,10H,5-6H2. The van der Waals surface area contributed by atoms with Gasteiger partial charge >= 0.3 is 0 Å². The molecule has 0 atom stereocenters. The fraction of sp³-hybridized carbons (Fsp3) is 0.300. The van der Waals surface area contributed by atoms with Crippen molar-refractivity contribution < 1.29 is 9.53 Å². The van der Waals surface area contributed by atoms with Crippen LogP contribution in [0.25, 0.3) is 0 Å². The minimum atomic E-state index is 0.0989. The molecule has 0 saturated heterocycles. The molecule has 0 radical (unpaired) electrons. The molecule has 0 amide bonds. The van der Waals surface area contributed by atoms with Crippen LogP contribution in [-0.2, 0) is 4.79 Å². The normalized spacial score (nSPS) is 16.8. The van der Waals surface area contributed by atoms with E-state index in [0.29, 0.717) is 18.6 Å². The minimum Gasteiger partial charge on any atom is -0.489 e. The van der Waals surface area contributed by atoms with Crippen LogP contribution in [0.5, 0.6) is 5.75 Å². The van der Waals surface area contributed by atoms with Crippen molar-refractivity contribution in [1.82, 2.24) is 0 Å². The second-order valence-corrected chi connectivity index (χ2v) is 4.06. The van der Waals surface area contributed by atoms with Crippen LogP contribution in [0, 0.1) is 0 Å². The summed E-state index contributed by atoms with van der Waals surface area (Å²) >= 11 is 3.36. The number of carbonyl (C=O) groups is 1. The molecule has 2 nitrogen and oxygen atoms in total. The van der Waals surface area contributed by atoms with Crippen molar-refractivity contribution in [2.24, 2.45) is 0 Å². The number of halogens is 1. The fourth-order valence-corrected chi connectivity index (χ4v) is 1.64. The van der Waals surface area contributed by atoms with Gasteiger partial charge in [-0.1, -0.05) is 22.0 Å². The molecule has 0 spiro atoms. The molecule has 1 aliphatic carbocycles. The van der Waals surface area contributed by atoms with Crippen molar-refractivity contribution in [3.63, 3.8) is 0 Å². The lowest BCUT2D eigenvalue weighted by atomic mass is 9.94. The van der Waals surface area contributed by atoms with Gasteiger partial charge in [0.05, 0.1) is 0 Å². The summed E-state index contributed by atoms with van der Waals surface area (Å²) in [6.07, 6.45) is 1.22. The van der Waals surface area contributed by atoms with E-state index in [9.17, 15) is 4.79 Å². The maximum atomic E-state index is 10.7. The number of carbonyl (C=O) groups excluding carboxylic acids is 1. The number of ketones is 1. The summed E-state index contributed by atoms with van der Waals surface area (Å²) in [7, 11) is 0. The van der Waals surface area contributed by atoms with Gasteiger partial charge in [0.25, 0.3) is 0 Å². The van der Waals surface area contributed by atoms with Crippen LogP contribution >= 0.6 is 15.9 Å². The molecule has 68 valence electrons. The first-order valence-corrected chi connectivity index (χ1v) is 4.97. The first kappa shape index (κ1) is 8.75. The van der Waals surface area contributed by atoms with Crippen molar-refractivity contribution in [1.29, 1.82) is 0 Å². The van der Waals surface area contributed by atoms with Gasteiger partial charge in [0.15, 0.2) is 0 Å². The highest BCUT2D eigenvalue weighted by Crippen LogP contribution is 2.24. The lowest BCUT2D eigenvalue weighted by molar-refractivity contribution is -0.129. The molecule has 0 aliphatic heterocycles. The molecular formula is C10H9BrO2. The first-order chi connectivity index (χ1) is 6.24. The Morgan fingerprint density at radius 1 is 1.38 bits per heavy atom. The molecule has 1 aromatic carbocycles. The Labute approximate surface area is 85.0 Å². The van der Waals surface area contributed by atoms with E-state index >= 15 is 0 Å². The molecule has 0 unspecified atom stereocenters. The Morgan fingerprint density at radius 2 is 2.15 bits per heavy atom. The summed E-state index contributed by atoms with van der Waals surface area (Å²) in [5, 5.41) is 0. The summed E-state index contributed by atoms with van der Waals surface area (Å²) in [5.41, 5.74) is 0. The van der Waals surface area contributed by atoms with E-state index in [2.05, 4.69) is 15.9 Å². The fourth-order valence-electron chi connectivity index (χ4n) is 1.26. The monoisotopic (exact) mass is 240 g/mol. The van der Waals surface area contributed by atoms with Gasteiger partial charge in [0.1, 0.15) is 17.6 Å². The van der Waals surface area contributed by atoms with Crippen molar-refractivity contribution >= 4 is 21.7 Å². The van der Waals surface area contributed by atoms with Crippen LogP contribution in [0.15, 0.2) is 28.7 Å². The van der Waals surface area contributed by atoms with Gasteiger partial charge in [-0.05, 0) is 18.2 Å². The average Bonchev–Trinajstić information content (AvgIpc) is 2.01. The summed E-state index contributed by atoms with van der Waals surface area (Å²) in [5.74, 6) is 1.12. The van der Waals surface area contributed by atoms with Gasteiger partial charge in [0, 0.05) is 17.3 Å². The van der Waals surface area contributed by atoms with Gasteiger partial charge < -0.3 is 4.74 Å². The highest BCUT2D eigenvalue weighted by molar-refractivity contribution is 9.10. The summed E-state index contributed by atoms with van der Waals surface area (Å²) in [4.78, 5) is 10.7. The Kier molecular flexibility index (Phi) is 2.36. The van der Waals surface area contributed by atoms with Gasteiger partial charge in [-0.3, -0.25) is 4.79 Å². The van der Waals surface area contributed by atoms with Crippen LogP contribution in [0.1, 0.15) is 12.8 Å². The van der Waals surface area contributed by atoms with Crippen LogP contribution in [0.2, 0.25) is 0 Å². The molecule has 2 rings (SSSR count). The van der Waals surface area contributed by atoms with E-state index in [0.717, 1.165) is 10.2 Å². The zero-order valence-electron chi connectivity index (χ0n) is 7.00. The predicted molar refractivity (Wildman–Crippen MR) is 52.8 cm³/mol. The number of ether oxygens (including phenoxy) is 1. The Morgan fingerprint density at radius 3 is 2.77 bits per heavy atom. The van der Waals surface area contributed by atoms with Crippen LogP contribution in [-0.4, -0.2) is 11.9 Å². The lowest BCUT2D eigenvalue weighted by Gasteiger charge is -2.25. The largest absolute Gasteiger partial charge is 0.489 e. The van der Waals surface area contributed by atoms with E-state index in [4.69, 9.17) is 4.74 Å². The van der Waals surface area contributed by atoms with Crippen LogP contribution < -0.4 is 4.74 Å². The quantitative estimate of drug-likeness (QED) is 0.795. The molecule has 0 heterocycles. The molecule has 13 heavy (non-hydrogen) atoms. The lowest BCUT2D eigenvalue weighted by Crippen LogP contribution is -2.33. The second-order valence-electron chi connectivity index (χ2n) is 3.14. The number of hydrogen-bond donors (Lipinski definition) is 0. The Hall–Kier alpha value is -0.830. The van der Waals surface area contributed by atoms with Gasteiger partial charge in [0.2, 0.25) is 0 Å². The van der Waals surface area contributed by atoms with Gasteiger partial charge in [-0.15, -0.1) is 0 Å². The smallest absolute Gasteiger partial charge is 0.140 e. The number of benzene rings is 1. The summed E-state index contributed by atoms with van der Waals surface area (Å²) in [6.45, 7) is 0. The molecule has 0 aromatic heterocycles. The highest BCUT2D eigenvalue weighted by atomic mass is 79.9. The van der Waals surface area contributed by atoms with E-state index in [1.165, 1.54) is 0 Å². The topological polar surface area (TPSA) is 26.3 Å². The number of hydrogen-bond acceptors (Lipinski definition) is 2. The van der Waals surface area contributed by atoms with E-state index in [-0.39, 0.29) is 6.10 Å². The Balaban J connectivity index is 1.98. The van der Waals surface area contributed by atoms with Crippen molar-refractivity contribution in [3.8, 4) is 5.75 Å². The summed E-state index contributed by atoms with van der Waals surface area (Å²) < 4.78 is 6.55. The Bertz CT molecular complexity index is 327. The van der Waals surface area contributed by atoms with Crippen molar-refractivity contribution in [2.45, 2.75) is 18.9 Å². The zero-order valence-corrected chi connectivity index (χ0v) is 8.58. The van der Waals surface area contributed by atoms with E-state index in [1.807, 2.05) is 24.3 Å². The first-order valence-electron chi connectivity index (χ1n) is 4.18. The molecule has 1 aliphatic rings. The maximum Gasteiger partial charge on any atom is 0.140 e. The summed E-state index contributed by atoms with van der Waals surface area (Å²) in [6, 6.07) is 7.66. The third-order valence-corrected chi connectivity index (χ3v) is 2.50. The third-order valence-electron chi connectivity index (χ3n) is 2.01. The SMILES string of the molecule is O=C1CC(Oc2cccc(Br)c2)C1. The number of Topliss-reactive ketones (excluding diaryl/α,β-unsaturated/α-hetero) is 1. The zero-order chi connectivity index (χ0) is 9.26. The van der Waals surface area contributed by atoms with Gasteiger partial charge in [-0.2, -0.15) is 0 Å². The molecule has 1 fully saturated rings. The average molecular weight is 241 g/mol. The molecule has 1 saturated carbocycles. The third kappa shape index (κ3) is 2.10. The molecule has 0 bridgehead atoms.